The van der Waals surface area contributed by atoms with Crippen molar-refractivity contribution < 1.29 is 14.1 Å². The van der Waals surface area contributed by atoms with Crippen molar-refractivity contribution in [1.29, 1.82) is 5.26 Å². The maximum absolute atomic E-state index is 11.7. The summed E-state index contributed by atoms with van der Waals surface area (Å²) in [7, 11) is -1.22. The molecule has 0 radical (unpaired) electrons. The third kappa shape index (κ3) is 4.37. The summed E-state index contributed by atoms with van der Waals surface area (Å²) in [6.45, 7) is 1.53. The Bertz CT molecular complexity index is 479. The van der Waals surface area contributed by atoms with E-state index in [4.69, 9.17) is 10.4 Å². The molecule has 17 heavy (non-hydrogen) atoms. The fourth-order valence-electron chi connectivity index (χ4n) is 1.33. The van der Waals surface area contributed by atoms with E-state index in [1.165, 1.54) is 6.92 Å². The molecular formula is C12H13NO3S. The molecule has 4 nitrogen and oxygen atoms in total. The molecule has 0 fully saturated rings. The third-order valence-electron chi connectivity index (χ3n) is 2.24. The van der Waals surface area contributed by atoms with Gasteiger partial charge < -0.3 is 5.11 Å². The lowest BCUT2D eigenvalue weighted by molar-refractivity contribution is -0.140. The van der Waals surface area contributed by atoms with E-state index in [0.717, 1.165) is 5.56 Å². The molecule has 2 unspecified atom stereocenters. The Morgan fingerprint density at radius 2 is 2.29 bits per heavy atom. The highest BCUT2D eigenvalue weighted by Gasteiger charge is 2.14. The Balaban J connectivity index is 2.62. The second-order valence-electron chi connectivity index (χ2n) is 3.80. The van der Waals surface area contributed by atoms with Crippen LogP contribution in [-0.2, 0) is 21.3 Å². The van der Waals surface area contributed by atoms with Gasteiger partial charge in [0, 0.05) is 22.3 Å². The lowest BCUT2D eigenvalue weighted by Gasteiger charge is -2.06. The molecule has 0 bridgehead atoms. The summed E-state index contributed by atoms with van der Waals surface area (Å²) in [4.78, 5) is 10.6. The number of aliphatic carboxylic acids is 1. The molecule has 0 amide bonds. The molecule has 0 spiro atoms. The van der Waals surface area contributed by atoms with E-state index in [0.29, 0.717) is 5.56 Å². The van der Waals surface area contributed by atoms with Crippen molar-refractivity contribution >= 4 is 16.8 Å². The average molecular weight is 251 g/mol. The van der Waals surface area contributed by atoms with Crippen molar-refractivity contribution in [2.24, 2.45) is 5.92 Å². The van der Waals surface area contributed by atoms with Crippen LogP contribution in [0, 0.1) is 17.2 Å². The lowest BCUT2D eigenvalue weighted by Crippen LogP contribution is -2.18. The number of hydrogen-bond acceptors (Lipinski definition) is 3. The monoisotopic (exact) mass is 251 g/mol. The zero-order chi connectivity index (χ0) is 12.8. The summed E-state index contributed by atoms with van der Waals surface area (Å²) in [5, 5.41) is 17.4. The number of carbonyl (C=O) groups is 1. The largest absolute Gasteiger partial charge is 0.481 e. The molecule has 0 aliphatic rings. The molecule has 5 heteroatoms. The van der Waals surface area contributed by atoms with Crippen molar-refractivity contribution in [2.45, 2.75) is 12.7 Å². The number of rotatable bonds is 5. The Hall–Kier alpha value is -1.67. The van der Waals surface area contributed by atoms with E-state index in [1.54, 1.807) is 24.3 Å². The van der Waals surface area contributed by atoms with Gasteiger partial charge in [-0.2, -0.15) is 5.26 Å². The lowest BCUT2D eigenvalue weighted by atomic mass is 10.2. The fraction of sp³-hybridized carbons (Fsp3) is 0.333. The molecule has 1 rings (SSSR count). The molecule has 0 aromatic heterocycles. The van der Waals surface area contributed by atoms with Gasteiger partial charge in [-0.15, -0.1) is 0 Å². The van der Waals surface area contributed by atoms with Crippen LogP contribution >= 0.6 is 0 Å². The quantitative estimate of drug-likeness (QED) is 0.860. The van der Waals surface area contributed by atoms with Crippen LogP contribution < -0.4 is 0 Å². The van der Waals surface area contributed by atoms with Crippen LogP contribution in [0.15, 0.2) is 24.3 Å². The summed E-state index contributed by atoms with van der Waals surface area (Å²) in [5.74, 6) is -1.14. The standard InChI is InChI=1S/C12H13NO3S/c1-9(12(14)15)7-17(16)8-11-4-2-3-10(5-11)6-13/h2-5,9H,7-8H2,1H3,(H,14,15). The Morgan fingerprint density at radius 3 is 2.88 bits per heavy atom. The first-order valence-corrected chi connectivity index (χ1v) is 6.58. The molecule has 0 aliphatic carbocycles. The third-order valence-corrected chi connectivity index (χ3v) is 3.77. The highest BCUT2D eigenvalue weighted by molar-refractivity contribution is 7.84. The molecule has 1 N–H and O–H groups in total. The second kappa shape index (κ2) is 6.16. The maximum atomic E-state index is 11.7. The highest BCUT2D eigenvalue weighted by atomic mass is 32.2. The minimum atomic E-state index is -1.22. The smallest absolute Gasteiger partial charge is 0.307 e. The van der Waals surface area contributed by atoms with Crippen LogP contribution in [0.25, 0.3) is 0 Å². The Labute approximate surface area is 102 Å². The van der Waals surface area contributed by atoms with Gasteiger partial charge in [-0.1, -0.05) is 19.1 Å². The molecular weight excluding hydrogens is 238 g/mol. The first-order chi connectivity index (χ1) is 8.02. The Kier molecular flexibility index (Phi) is 4.85. The van der Waals surface area contributed by atoms with E-state index in [9.17, 15) is 9.00 Å². The first-order valence-electron chi connectivity index (χ1n) is 5.09. The summed E-state index contributed by atoms with van der Waals surface area (Å²) in [6, 6.07) is 8.86. The molecule has 0 saturated heterocycles. The molecule has 0 aliphatic heterocycles. The first kappa shape index (κ1) is 13.4. The van der Waals surface area contributed by atoms with Crippen LogP contribution in [0.3, 0.4) is 0 Å². The maximum Gasteiger partial charge on any atom is 0.307 e. The summed E-state index contributed by atoms with van der Waals surface area (Å²) < 4.78 is 11.7. The number of nitriles is 1. The van der Waals surface area contributed by atoms with Gasteiger partial charge >= 0.3 is 5.97 Å². The van der Waals surface area contributed by atoms with E-state index < -0.39 is 22.7 Å². The van der Waals surface area contributed by atoms with Crippen LogP contribution in [0.2, 0.25) is 0 Å². The van der Waals surface area contributed by atoms with Crippen molar-refractivity contribution in [3.63, 3.8) is 0 Å². The summed E-state index contributed by atoms with van der Waals surface area (Å²) in [5.41, 5.74) is 1.31. The zero-order valence-corrected chi connectivity index (χ0v) is 10.2. The molecule has 90 valence electrons. The summed E-state index contributed by atoms with van der Waals surface area (Å²) >= 11 is 0. The Morgan fingerprint density at radius 1 is 1.59 bits per heavy atom. The number of carboxylic acids is 1. The number of hydrogen-bond donors (Lipinski definition) is 1. The van der Waals surface area contributed by atoms with Crippen LogP contribution in [-0.4, -0.2) is 21.0 Å². The van der Waals surface area contributed by atoms with Gasteiger partial charge in [0.15, 0.2) is 0 Å². The minimum Gasteiger partial charge on any atom is -0.481 e. The number of carboxylic acid groups (broad SMARTS) is 1. The van der Waals surface area contributed by atoms with E-state index >= 15 is 0 Å². The van der Waals surface area contributed by atoms with Crippen molar-refractivity contribution in [2.75, 3.05) is 5.75 Å². The second-order valence-corrected chi connectivity index (χ2v) is 5.30. The number of nitrogens with zero attached hydrogens (tertiary/aromatic N) is 1. The SMILES string of the molecule is CC(CS(=O)Cc1cccc(C#N)c1)C(=O)O. The van der Waals surface area contributed by atoms with Gasteiger partial charge in [-0.3, -0.25) is 9.00 Å². The predicted molar refractivity (Wildman–Crippen MR) is 64.7 cm³/mol. The predicted octanol–water partition coefficient (Wildman–Crippen LogP) is 1.53. The number of benzene rings is 1. The van der Waals surface area contributed by atoms with Gasteiger partial charge in [0.2, 0.25) is 0 Å². The van der Waals surface area contributed by atoms with Gasteiger partial charge in [0.25, 0.3) is 0 Å². The van der Waals surface area contributed by atoms with Gasteiger partial charge in [0.05, 0.1) is 17.6 Å². The molecule has 1 aromatic carbocycles. The van der Waals surface area contributed by atoms with E-state index in [2.05, 4.69) is 0 Å². The molecule has 0 saturated carbocycles. The molecule has 0 heterocycles. The minimum absolute atomic E-state index is 0.131. The van der Waals surface area contributed by atoms with Gasteiger partial charge in [0.1, 0.15) is 0 Å². The van der Waals surface area contributed by atoms with Crippen molar-refractivity contribution in [1.82, 2.24) is 0 Å². The topological polar surface area (TPSA) is 78.2 Å². The summed E-state index contributed by atoms with van der Waals surface area (Å²) in [6.07, 6.45) is 0. The van der Waals surface area contributed by atoms with Gasteiger partial charge in [-0.05, 0) is 17.7 Å². The van der Waals surface area contributed by atoms with E-state index in [1.807, 2.05) is 6.07 Å². The van der Waals surface area contributed by atoms with Crippen molar-refractivity contribution in [3.8, 4) is 6.07 Å². The normalized spacial score (nSPS) is 13.6. The van der Waals surface area contributed by atoms with E-state index in [-0.39, 0.29) is 11.5 Å². The van der Waals surface area contributed by atoms with Crippen LogP contribution in [0.5, 0.6) is 0 Å². The van der Waals surface area contributed by atoms with Crippen LogP contribution in [0.4, 0.5) is 0 Å². The average Bonchev–Trinajstić information content (AvgIpc) is 2.28. The molecule has 1 aromatic rings. The highest BCUT2D eigenvalue weighted by Crippen LogP contribution is 2.09. The van der Waals surface area contributed by atoms with Crippen LogP contribution in [0.1, 0.15) is 18.1 Å². The molecule has 2 atom stereocenters. The van der Waals surface area contributed by atoms with Crippen molar-refractivity contribution in [3.05, 3.63) is 35.4 Å². The fourth-order valence-corrected chi connectivity index (χ4v) is 2.70. The zero-order valence-electron chi connectivity index (χ0n) is 9.42. The van der Waals surface area contributed by atoms with Gasteiger partial charge in [-0.25, -0.2) is 0 Å².